The average molecular weight is 353 g/mol. The Bertz CT molecular complexity index is 886. The summed E-state index contributed by atoms with van der Waals surface area (Å²) in [6.07, 6.45) is 5.52. The van der Waals surface area contributed by atoms with Crippen LogP contribution >= 0.6 is 0 Å². The Morgan fingerprint density at radius 1 is 1.38 bits per heavy atom. The summed E-state index contributed by atoms with van der Waals surface area (Å²) in [4.78, 5) is 16.5. The van der Waals surface area contributed by atoms with E-state index in [-0.39, 0.29) is 12.0 Å². The second kappa shape index (κ2) is 7.09. The Hall–Kier alpha value is -3.00. The molecule has 0 radical (unpaired) electrons. The number of carbonyl (C=O) groups is 1. The van der Waals surface area contributed by atoms with Crippen molar-refractivity contribution < 1.29 is 13.9 Å². The molecule has 1 N–H and O–H groups in total. The van der Waals surface area contributed by atoms with E-state index < -0.39 is 0 Å². The Morgan fingerprint density at radius 3 is 3.04 bits per heavy atom. The third-order valence-electron chi connectivity index (χ3n) is 4.40. The van der Waals surface area contributed by atoms with Gasteiger partial charge in [-0.2, -0.15) is 0 Å². The maximum atomic E-state index is 12.2. The van der Waals surface area contributed by atoms with Crippen LogP contribution in [0.1, 0.15) is 28.7 Å². The number of rotatable bonds is 5. The van der Waals surface area contributed by atoms with Gasteiger partial charge < -0.3 is 14.5 Å². The number of nitrogens with zero attached hydrogens (tertiary/aromatic N) is 4. The van der Waals surface area contributed by atoms with Gasteiger partial charge >= 0.3 is 0 Å². The van der Waals surface area contributed by atoms with Crippen molar-refractivity contribution in [3.63, 3.8) is 0 Å². The minimum Gasteiger partial charge on any atom is -0.472 e. The highest BCUT2D eigenvalue weighted by Gasteiger charge is 2.25. The minimum atomic E-state index is -0.160. The van der Waals surface area contributed by atoms with E-state index in [0.29, 0.717) is 25.3 Å². The molecule has 0 saturated carbocycles. The molecule has 3 aromatic rings. The molecule has 1 aliphatic rings. The minimum absolute atomic E-state index is 0.159. The zero-order valence-electron chi connectivity index (χ0n) is 14.4. The molecular formula is C18H19N5O3. The van der Waals surface area contributed by atoms with Crippen LogP contribution in [0.3, 0.4) is 0 Å². The molecule has 0 aromatic carbocycles. The van der Waals surface area contributed by atoms with Crippen LogP contribution in [-0.4, -0.2) is 38.5 Å². The first-order valence-corrected chi connectivity index (χ1v) is 8.54. The Morgan fingerprint density at radius 2 is 2.31 bits per heavy atom. The van der Waals surface area contributed by atoms with E-state index in [2.05, 4.69) is 20.6 Å². The lowest BCUT2D eigenvalue weighted by Gasteiger charge is -2.24. The fourth-order valence-electron chi connectivity index (χ4n) is 2.89. The number of carbonyl (C=O) groups excluding carboxylic acids is 1. The summed E-state index contributed by atoms with van der Waals surface area (Å²) < 4.78 is 12.8. The van der Waals surface area contributed by atoms with Gasteiger partial charge in [0.2, 0.25) is 0 Å². The number of nitrogens with one attached hydrogen (secondary N) is 1. The molecule has 1 atom stereocenters. The molecule has 4 heterocycles. The summed E-state index contributed by atoms with van der Waals surface area (Å²) in [6, 6.07) is 5.50. The van der Waals surface area contributed by atoms with Crippen LogP contribution in [-0.2, 0) is 24.3 Å². The lowest BCUT2D eigenvalue weighted by Crippen LogP contribution is -2.39. The summed E-state index contributed by atoms with van der Waals surface area (Å²) in [5, 5.41) is 11.3. The van der Waals surface area contributed by atoms with Gasteiger partial charge in [0.1, 0.15) is 5.69 Å². The Labute approximate surface area is 150 Å². The molecule has 0 bridgehead atoms. The van der Waals surface area contributed by atoms with E-state index in [1.165, 1.54) is 0 Å². The summed E-state index contributed by atoms with van der Waals surface area (Å²) in [5.41, 5.74) is 4.06. The van der Waals surface area contributed by atoms with Crippen LogP contribution in [0, 0.1) is 0 Å². The van der Waals surface area contributed by atoms with Crippen LogP contribution in [0.5, 0.6) is 0 Å². The number of pyridine rings is 1. The number of hydrogen-bond donors (Lipinski definition) is 1. The number of aromatic nitrogens is 4. The Kier molecular flexibility index (Phi) is 4.49. The number of furan rings is 1. The first kappa shape index (κ1) is 16.5. The second-order valence-corrected chi connectivity index (χ2v) is 6.11. The topological polar surface area (TPSA) is 95.1 Å². The van der Waals surface area contributed by atoms with Crippen molar-refractivity contribution in [2.75, 3.05) is 6.54 Å². The monoisotopic (exact) mass is 353 g/mol. The summed E-state index contributed by atoms with van der Waals surface area (Å²) in [7, 11) is 0. The van der Waals surface area contributed by atoms with Gasteiger partial charge in [0.25, 0.3) is 5.91 Å². The van der Waals surface area contributed by atoms with Gasteiger partial charge in [-0.05, 0) is 24.6 Å². The molecular weight excluding hydrogens is 334 g/mol. The standard InChI is InChI=1S/C18H19N5O3/c1-2-14-4-3-12(7-19-14)18(24)20-8-15-9-23-16(11-26-15)17(21-22-23)13-5-6-25-10-13/h3-7,10,15H,2,8-9,11H2,1H3,(H,20,24). The van der Waals surface area contributed by atoms with Crippen LogP contribution < -0.4 is 5.32 Å². The number of amides is 1. The molecule has 0 fully saturated rings. The second-order valence-electron chi connectivity index (χ2n) is 6.11. The van der Waals surface area contributed by atoms with Crippen molar-refractivity contribution >= 4 is 5.91 Å². The van der Waals surface area contributed by atoms with Crippen molar-refractivity contribution in [2.24, 2.45) is 0 Å². The highest BCUT2D eigenvalue weighted by molar-refractivity contribution is 5.93. The first-order valence-electron chi connectivity index (χ1n) is 8.54. The molecule has 0 spiro atoms. The lowest BCUT2D eigenvalue weighted by molar-refractivity contribution is 0.00176. The van der Waals surface area contributed by atoms with Crippen LogP contribution in [0.2, 0.25) is 0 Å². The predicted molar refractivity (Wildman–Crippen MR) is 92.2 cm³/mol. The van der Waals surface area contributed by atoms with Gasteiger partial charge in [-0.1, -0.05) is 12.1 Å². The van der Waals surface area contributed by atoms with Gasteiger partial charge in [-0.3, -0.25) is 9.78 Å². The van der Waals surface area contributed by atoms with E-state index in [4.69, 9.17) is 9.15 Å². The molecule has 134 valence electrons. The number of aryl methyl sites for hydroxylation is 1. The molecule has 1 aliphatic heterocycles. The molecule has 3 aromatic heterocycles. The summed E-state index contributed by atoms with van der Waals surface area (Å²) in [5.74, 6) is -0.160. The molecule has 1 amide bonds. The first-order chi connectivity index (χ1) is 12.7. The zero-order chi connectivity index (χ0) is 17.9. The highest BCUT2D eigenvalue weighted by Crippen LogP contribution is 2.25. The van der Waals surface area contributed by atoms with Crippen molar-refractivity contribution in [2.45, 2.75) is 32.6 Å². The normalized spacial score (nSPS) is 16.3. The number of ether oxygens (including phenoxy) is 1. The number of hydrogen-bond acceptors (Lipinski definition) is 6. The summed E-state index contributed by atoms with van der Waals surface area (Å²) >= 11 is 0. The maximum absolute atomic E-state index is 12.2. The van der Waals surface area contributed by atoms with Crippen molar-refractivity contribution in [3.8, 4) is 11.3 Å². The van der Waals surface area contributed by atoms with Crippen molar-refractivity contribution in [1.29, 1.82) is 0 Å². The molecule has 1 unspecified atom stereocenters. The SMILES string of the molecule is CCc1ccc(C(=O)NCC2Cn3nnc(-c4ccoc4)c3CO2)cn1. The average Bonchev–Trinajstić information content (AvgIpc) is 3.35. The molecule has 8 nitrogen and oxygen atoms in total. The lowest BCUT2D eigenvalue weighted by atomic mass is 10.2. The molecule has 0 saturated heterocycles. The molecule has 0 aliphatic carbocycles. The molecule has 4 rings (SSSR count). The van der Waals surface area contributed by atoms with E-state index >= 15 is 0 Å². The third kappa shape index (κ3) is 3.23. The largest absolute Gasteiger partial charge is 0.472 e. The smallest absolute Gasteiger partial charge is 0.252 e. The van der Waals surface area contributed by atoms with Crippen LogP contribution in [0.25, 0.3) is 11.3 Å². The fourth-order valence-corrected chi connectivity index (χ4v) is 2.89. The summed E-state index contributed by atoms with van der Waals surface area (Å²) in [6.45, 7) is 3.35. The highest BCUT2D eigenvalue weighted by atomic mass is 16.5. The van der Waals surface area contributed by atoms with Gasteiger partial charge in [0, 0.05) is 24.0 Å². The van der Waals surface area contributed by atoms with Crippen molar-refractivity contribution in [1.82, 2.24) is 25.3 Å². The predicted octanol–water partition coefficient (Wildman–Crippen LogP) is 1.82. The van der Waals surface area contributed by atoms with E-state index in [0.717, 1.165) is 29.1 Å². The fraction of sp³-hybridized carbons (Fsp3) is 0.333. The van der Waals surface area contributed by atoms with Crippen molar-refractivity contribution in [3.05, 3.63) is 53.9 Å². The Balaban J connectivity index is 1.36. The maximum Gasteiger partial charge on any atom is 0.252 e. The molecule has 8 heteroatoms. The van der Waals surface area contributed by atoms with E-state index in [1.807, 2.05) is 23.7 Å². The number of fused-ring (bicyclic) bond motifs is 1. The quantitative estimate of drug-likeness (QED) is 0.752. The van der Waals surface area contributed by atoms with Gasteiger partial charge in [0.05, 0.1) is 43.0 Å². The van der Waals surface area contributed by atoms with Gasteiger partial charge in [-0.15, -0.1) is 5.10 Å². The molecule has 26 heavy (non-hydrogen) atoms. The zero-order valence-corrected chi connectivity index (χ0v) is 14.4. The van der Waals surface area contributed by atoms with E-state index in [1.54, 1.807) is 24.8 Å². The van der Waals surface area contributed by atoms with Gasteiger partial charge in [-0.25, -0.2) is 4.68 Å². The van der Waals surface area contributed by atoms with E-state index in [9.17, 15) is 4.79 Å². The van der Waals surface area contributed by atoms with Crippen LogP contribution in [0.4, 0.5) is 0 Å². The van der Waals surface area contributed by atoms with Gasteiger partial charge in [0.15, 0.2) is 0 Å². The van der Waals surface area contributed by atoms with Crippen LogP contribution in [0.15, 0.2) is 41.3 Å². The third-order valence-corrected chi connectivity index (χ3v) is 4.40.